The highest BCUT2D eigenvalue weighted by molar-refractivity contribution is 6.05. The second-order valence-electron chi connectivity index (χ2n) is 21.4. The molecule has 10 aromatic rings. The van der Waals surface area contributed by atoms with E-state index in [0.717, 1.165) is 36.4 Å². The topological polar surface area (TPSA) is 189 Å². The summed E-state index contributed by atoms with van der Waals surface area (Å²) in [6, 6.07) is 33.3. The first-order chi connectivity index (χ1) is 42.1. The fraction of sp³-hybridized carbons (Fsp3) is 0.212. The molecule has 21 heteroatoms. The van der Waals surface area contributed by atoms with Gasteiger partial charge in [-0.05, 0) is 108 Å². The Kier molecular flexibility index (Phi) is 15.8. The zero-order chi connectivity index (χ0) is 60.6. The predicted molar refractivity (Wildman–Crippen MR) is 303 cm³/mol. The lowest BCUT2D eigenvalue weighted by Gasteiger charge is -2.20. The van der Waals surface area contributed by atoms with Crippen molar-refractivity contribution in [1.29, 1.82) is 10.5 Å². The van der Waals surface area contributed by atoms with Crippen molar-refractivity contribution >= 4 is 34.0 Å². The number of carbonyl (C=O) groups excluding carboxylic acids is 2. The Hall–Kier alpha value is -10.2. The van der Waals surface area contributed by atoms with Gasteiger partial charge in [0.15, 0.2) is 0 Å². The molecule has 0 amide bonds. The third-order valence-electron chi connectivity index (χ3n) is 15.6. The molecule has 6 heterocycles. The Labute approximate surface area is 492 Å². The fourth-order valence-electron chi connectivity index (χ4n) is 10.9. The van der Waals surface area contributed by atoms with E-state index < -0.39 is 46.8 Å². The number of hydrogen-bond acceptors (Lipinski definition) is 13. The summed E-state index contributed by atoms with van der Waals surface area (Å²) in [4.78, 5) is 46.3. The summed E-state index contributed by atoms with van der Waals surface area (Å²) < 4.78 is 126. The molecular weight excluding hydrogens is 1130 g/mol. The Morgan fingerprint density at radius 3 is 1.32 bits per heavy atom. The van der Waals surface area contributed by atoms with Crippen molar-refractivity contribution in [2.75, 3.05) is 26.4 Å². The second kappa shape index (κ2) is 24.0. The van der Waals surface area contributed by atoms with Gasteiger partial charge in [-0.3, -0.25) is 0 Å². The van der Waals surface area contributed by atoms with Gasteiger partial charge in [-0.25, -0.2) is 55.9 Å². The SMILES string of the molecule is C[C@H]1COC[C@H]1n1c(Cc2cc(F)c(-c3cccc(OCc4ccc(C#N)cc4F)n3)cc2F)nc2ccc(C(=O)OC(=O)c3ccc4nc(Cc5cc(F)c(-c6cccc(OCc7ccc(C#N)cc7F)n6)cc5F)n([C@@H]5COC[C@@H]5C)c4c3)cc21. The largest absolute Gasteiger partial charge is 0.473 e. The molecular formula is C66H48F6N8O7. The van der Waals surface area contributed by atoms with Crippen molar-refractivity contribution in [1.82, 2.24) is 29.1 Å². The van der Waals surface area contributed by atoms with Crippen molar-refractivity contribution < 1.29 is 59.6 Å². The van der Waals surface area contributed by atoms with Crippen molar-refractivity contribution in [3.05, 3.63) is 225 Å². The van der Waals surface area contributed by atoms with Crippen LogP contribution in [0.1, 0.15) is 91.7 Å². The minimum atomic E-state index is -0.985. The van der Waals surface area contributed by atoms with Gasteiger partial charge in [0, 0.05) is 59.1 Å². The summed E-state index contributed by atoms with van der Waals surface area (Å²) in [6.45, 7) is 4.79. The lowest BCUT2D eigenvalue weighted by atomic mass is 10.0. The van der Waals surface area contributed by atoms with Gasteiger partial charge in [0.25, 0.3) is 0 Å². The zero-order valence-electron chi connectivity index (χ0n) is 46.4. The van der Waals surface area contributed by atoms with Crippen LogP contribution >= 0.6 is 0 Å². The quantitative estimate of drug-likeness (QED) is 0.0505. The normalized spacial score (nSPS) is 16.5. The summed E-state index contributed by atoms with van der Waals surface area (Å²) in [7, 11) is 0. The molecule has 15 nitrogen and oxygen atoms in total. The van der Waals surface area contributed by atoms with Crippen LogP contribution in [-0.2, 0) is 40.3 Å². The number of pyridine rings is 2. The maximum Gasteiger partial charge on any atom is 0.346 e. The molecule has 436 valence electrons. The van der Waals surface area contributed by atoms with Gasteiger partial charge in [0.1, 0.15) is 59.8 Å². The van der Waals surface area contributed by atoms with Crippen LogP contribution in [0.4, 0.5) is 26.3 Å². The highest BCUT2D eigenvalue weighted by atomic mass is 19.1. The second-order valence-corrected chi connectivity index (χ2v) is 21.4. The molecule has 0 N–H and O–H groups in total. The van der Waals surface area contributed by atoms with Crippen molar-refractivity contribution in [2.24, 2.45) is 11.8 Å². The van der Waals surface area contributed by atoms with Crippen LogP contribution < -0.4 is 9.47 Å². The van der Waals surface area contributed by atoms with E-state index in [2.05, 4.69) is 9.97 Å². The first kappa shape index (κ1) is 57.2. The third kappa shape index (κ3) is 11.7. The van der Waals surface area contributed by atoms with E-state index in [1.807, 2.05) is 35.1 Å². The molecule has 87 heavy (non-hydrogen) atoms. The Balaban J connectivity index is 0.772. The summed E-state index contributed by atoms with van der Waals surface area (Å²) in [5.74, 6) is -5.68. The van der Waals surface area contributed by atoms with Crippen LogP contribution in [0.3, 0.4) is 0 Å². The van der Waals surface area contributed by atoms with Gasteiger partial charge >= 0.3 is 11.9 Å². The van der Waals surface area contributed by atoms with Crippen molar-refractivity contribution in [3.63, 3.8) is 0 Å². The zero-order valence-corrected chi connectivity index (χ0v) is 46.4. The summed E-state index contributed by atoms with van der Waals surface area (Å²) >= 11 is 0. The molecule has 0 unspecified atom stereocenters. The Bertz CT molecular complexity index is 4200. The molecule has 2 aliphatic rings. The molecule has 2 fully saturated rings. The summed E-state index contributed by atoms with van der Waals surface area (Å²) in [5.41, 5.74) is 2.16. The van der Waals surface area contributed by atoms with Crippen LogP contribution in [0, 0.1) is 69.4 Å². The number of hydrogen-bond donors (Lipinski definition) is 0. The minimum absolute atomic E-state index is 0.00347. The monoisotopic (exact) mass is 1180 g/mol. The number of ether oxygens (including phenoxy) is 5. The molecule has 6 aromatic carbocycles. The molecule has 0 bridgehead atoms. The Morgan fingerprint density at radius 1 is 0.506 bits per heavy atom. The van der Waals surface area contributed by atoms with Crippen LogP contribution in [0.25, 0.3) is 44.6 Å². The number of benzene rings is 6. The van der Waals surface area contributed by atoms with Crippen LogP contribution in [0.5, 0.6) is 11.8 Å². The maximum absolute atomic E-state index is 16.2. The van der Waals surface area contributed by atoms with Crippen LogP contribution in [-0.4, -0.2) is 67.4 Å². The highest BCUT2D eigenvalue weighted by Crippen LogP contribution is 2.37. The summed E-state index contributed by atoms with van der Waals surface area (Å²) in [6.07, 6.45) is -0.343. The molecule has 2 aliphatic heterocycles. The first-order valence-electron chi connectivity index (χ1n) is 27.6. The van der Waals surface area contributed by atoms with Gasteiger partial charge in [0.05, 0.1) is 106 Å². The molecule has 0 aliphatic carbocycles. The average Bonchev–Trinajstić information content (AvgIpc) is 2.18. The van der Waals surface area contributed by atoms with E-state index in [-0.39, 0.29) is 142 Å². The van der Waals surface area contributed by atoms with Gasteiger partial charge in [-0.2, -0.15) is 10.5 Å². The predicted octanol–water partition coefficient (Wildman–Crippen LogP) is 12.8. The van der Waals surface area contributed by atoms with E-state index in [1.165, 1.54) is 72.8 Å². The fourth-order valence-corrected chi connectivity index (χ4v) is 10.9. The van der Waals surface area contributed by atoms with E-state index in [9.17, 15) is 18.4 Å². The molecule has 0 spiro atoms. The van der Waals surface area contributed by atoms with E-state index >= 15 is 17.6 Å². The number of nitriles is 2. The number of esters is 2. The smallest absolute Gasteiger partial charge is 0.346 e. The van der Waals surface area contributed by atoms with Crippen molar-refractivity contribution in [3.8, 4) is 46.4 Å². The van der Waals surface area contributed by atoms with E-state index in [0.29, 0.717) is 46.9 Å². The maximum atomic E-state index is 16.2. The number of halogens is 6. The van der Waals surface area contributed by atoms with Crippen LogP contribution in [0.2, 0.25) is 0 Å². The molecule has 2 saturated heterocycles. The van der Waals surface area contributed by atoms with Crippen molar-refractivity contribution in [2.45, 2.75) is 52.0 Å². The van der Waals surface area contributed by atoms with E-state index in [1.54, 1.807) is 24.3 Å². The molecule has 4 atom stereocenters. The number of carbonyl (C=O) groups is 2. The van der Waals surface area contributed by atoms with Gasteiger partial charge in [0.2, 0.25) is 11.8 Å². The van der Waals surface area contributed by atoms with E-state index in [4.69, 9.17) is 44.2 Å². The van der Waals surface area contributed by atoms with Crippen LogP contribution in [0.15, 0.2) is 133 Å². The standard InChI is InChI=1S/C66H48F6N8O7/c1-35-29-83-33-59(35)79-57-21-39(13-15-55(57)75-61(79)23-43-19-51(71)45(25-49(43)69)53-5-3-7-63(77-53)85-31-41-11-9-37(27-73)17-47(41)67)65(81)87-66(82)40-14-16-56-58(22-40)80(60-34-84-30-36(60)2)62(76-56)24-44-20-52(72)46(26-50(44)70)54-6-4-8-64(78-54)86-32-42-12-10-38(28-74)18-48(42)68/h3-22,25-26,35-36,59-60H,23-24,29-34H2,1-2H3/t35-,36-,59+,60+/m0/s1. The van der Waals surface area contributed by atoms with Gasteiger partial charge < -0.3 is 32.8 Å². The molecule has 0 radical (unpaired) electrons. The molecule has 4 aromatic heterocycles. The summed E-state index contributed by atoms with van der Waals surface area (Å²) in [5, 5.41) is 18.1. The molecule has 12 rings (SSSR count). The third-order valence-corrected chi connectivity index (χ3v) is 15.6. The lowest BCUT2D eigenvalue weighted by molar-refractivity contribution is 0.0397. The lowest BCUT2D eigenvalue weighted by Crippen LogP contribution is -2.19. The number of fused-ring (bicyclic) bond motifs is 2. The first-order valence-corrected chi connectivity index (χ1v) is 27.6. The average molecular weight is 1180 g/mol. The number of nitrogens with zero attached hydrogens (tertiary/aromatic N) is 8. The van der Waals surface area contributed by atoms with Gasteiger partial charge in [-0.1, -0.05) is 38.1 Å². The highest BCUT2D eigenvalue weighted by Gasteiger charge is 2.33. The number of aromatic nitrogens is 6. The Morgan fingerprint density at radius 2 is 0.931 bits per heavy atom. The molecule has 0 saturated carbocycles. The number of rotatable bonds is 16. The minimum Gasteiger partial charge on any atom is -0.473 e. The number of imidazole rings is 2. The van der Waals surface area contributed by atoms with Gasteiger partial charge in [-0.15, -0.1) is 0 Å².